The van der Waals surface area contributed by atoms with Gasteiger partial charge in [0.25, 0.3) is 0 Å². The molecule has 0 saturated heterocycles. The summed E-state index contributed by atoms with van der Waals surface area (Å²) >= 11 is 4.17. The average molecular weight is 217 g/mol. The molecule has 0 aromatic carbocycles. The van der Waals surface area contributed by atoms with Gasteiger partial charge in [0.15, 0.2) is 0 Å². The van der Waals surface area contributed by atoms with Crippen molar-refractivity contribution in [3.05, 3.63) is 22.6 Å². The Bertz CT molecular complexity index is 254. The van der Waals surface area contributed by atoms with Gasteiger partial charge in [-0.05, 0) is 18.9 Å². The molecule has 1 heterocycles. The molecule has 0 aromatic heterocycles. The molecule has 0 spiro atoms. The molecule has 74 valence electrons. The summed E-state index contributed by atoms with van der Waals surface area (Å²) in [7, 11) is -0.405. The van der Waals surface area contributed by atoms with Crippen molar-refractivity contribution in [3.8, 4) is 0 Å². The van der Waals surface area contributed by atoms with Crippen molar-refractivity contribution in [2.45, 2.75) is 32.8 Å². The van der Waals surface area contributed by atoms with Gasteiger partial charge in [0.2, 0.25) is 0 Å². The molecule has 0 aliphatic carbocycles. The molecule has 1 unspecified atom stereocenters. The number of hydrogen-bond acceptors (Lipinski definition) is 3. The van der Waals surface area contributed by atoms with Crippen LogP contribution < -0.4 is 0 Å². The summed E-state index contributed by atoms with van der Waals surface area (Å²) in [5.41, 5.74) is 0. The molecule has 1 rings (SSSR count). The minimum absolute atomic E-state index is 0.316. The molecule has 4 heteroatoms. The lowest BCUT2D eigenvalue weighted by molar-refractivity contribution is 0.227. The maximum absolute atomic E-state index is 5.74. The highest BCUT2D eigenvalue weighted by Gasteiger charge is 2.07. The molecule has 0 aromatic rings. The van der Waals surface area contributed by atoms with E-state index in [2.05, 4.69) is 30.8 Å². The first kappa shape index (κ1) is 11.0. The molecular weight excluding hydrogens is 202 g/mol. The predicted molar refractivity (Wildman–Crippen MR) is 61.5 cm³/mol. The quantitative estimate of drug-likeness (QED) is 0.717. The van der Waals surface area contributed by atoms with E-state index in [1.165, 1.54) is 0 Å². The molecule has 13 heavy (non-hydrogen) atoms. The molecular formula is C9H15NOS2. The minimum Gasteiger partial charge on any atom is -0.299 e. The summed E-state index contributed by atoms with van der Waals surface area (Å²) < 4.78 is 10.0. The fourth-order valence-electron chi connectivity index (χ4n) is 0.963. The topological polar surface area (TPSA) is 21.6 Å². The maximum Gasteiger partial charge on any atom is 0.103 e. The van der Waals surface area contributed by atoms with E-state index in [1.54, 1.807) is 0 Å². The van der Waals surface area contributed by atoms with Gasteiger partial charge in [-0.3, -0.25) is 4.18 Å². The third-order valence-corrected chi connectivity index (χ3v) is 3.39. The second-order valence-corrected chi connectivity index (χ2v) is 4.41. The van der Waals surface area contributed by atoms with Crippen LogP contribution in [0.4, 0.5) is 0 Å². The van der Waals surface area contributed by atoms with Crippen molar-refractivity contribution < 1.29 is 4.18 Å². The van der Waals surface area contributed by atoms with Crippen molar-refractivity contribution in [3.63, 3.8) is 0 Å². The lowest BCUT2D eigenvalue weighted by Gasteiger charge is -2.14. The molecule has 0 bridgehead atoms. The Morgan fingerprint density at radius 2 is 2.23 bits per heavy atom. The zero-order valence-electron chi connectivity index (χ0n) is 7.93. The van der Waals surface area contributed by atoms with Crippen LogP contribution >= 0.6 is 12.6 Å². The van der Waals surface area contributed by atoms with E-state index in [4.69, 9.17) is 4.18 Å². The van der Waals surface area contributed by atoms with E-state index in [9.17, 15) is 0 Å². The van der Waals surface area contributed by atoms with Crippen molar-refractivity contribution >= 4 is 23.6 Å². The highest BCUT2D eigenvalue weighted by Crippen LogP contribution is 2.15. The van der Waals surface area contributed by atoms with Crippen LogP contribution in [0.2, 0.25) is 0 Å². The Morgan fingerprint density at radius 1 is 1.54 bits per heavy atom. The van der Waals surface area contributed by atoms with Crippen molar-refractivity contribution in [1.82, 2.24) is 0 Å². The summed E-state index contributed by atoms with van der Waals surface area (Å²) in [6, 6.07) is 0. The minimum atomic E-state index is -0.405. The van der Waals surface area contributed by atoms with Crippen LogP contribution in [0.15, 0.2) is 27.0 Å². The second kappa shape index (κ2) is 5.62. The van der Waals surface area contributed by atoms with E-state index >= 15 is 0 Å². The van der Waals surface area contributed by atoms with E-state index in [0.29, 0.717) is 6.10 Å². The van der Waals surface area contributed by atoms with E-state index in [-0.39, 0.29) is 0 Å². The van der Waals surface area contributed by atoms with Gasteiger partial charge in [0.1, 0.15) is 5.03 Å². The summed E-state index contributed by atoms with van der Waals surface area (Å²) in [4.78, 5) is 0. The van der Waals surface area contributed by atoms with Crippen LogP contribution in [-0.4, -0.2) is 6.10 Å². The van der Waals surface area contributed by atoms with Gasteiger partial charge in [0, 0.05) is 5.41 Å². The molecule has 1 atom stereocenters. The van der Waals surface area contributed by atoms with Crippen molar-refractivity contribution in [2.75, 3.05) is 0 Å². The average Bonchev–Trinajstić information content (AvgIpc) is 2.14. The van der Waals surface area contributed by atoms with Gasteiger partial charge >= 0.3 is 0 Å². The Kier molecular flexibility index (Phi) is 4.77. The van der Waals surface area contributed by atoms with Crippen LogP contribution in [0, 0.1) is 0 Å². The summed E-state index contributed by atoms with van der Waals surface area (Å²) in [6.07, 6.45) is 6.20. The first-order chi connectivity index (χ1) is 6.26. The largest absolute Gasteiger partial charge is 0.299 e. The van der Waals surface area contributed by atoms with Crippen molar-refractivity contribution in [1.29, 1.82) is 0 Å². The Labute approximate surface area is 87.8 Å². The number of thiol groups is 1. The molecule has 0 amide bonds. The Morgan fingerprint density at radius 3 is 2.77 bits per heavy atom. The zero-order valence-corrected chi connectivity index (χ0v) is 9.65. The molecule has 2 nitrogen and oxygen atoms in total. The highest BCUT2D eigenvalue weighted by molar-refractivity contribution is 7.88. The van der Waals surface area contributed by atoms with Gasteiger partial charge in [-0.2, -0.15) is 4.36 Å². The smallest absolute Gasteiger partial charge is 0.103 e. The normalized spacial score (nSPS) is 21.5. The van der Waals surface area contributed by atoms with Gasteiger partial charge in [0.05, 0.1) is 17.1 Å². The van der Waals surface area contributed by atoms with Gasteiger partial charge in [-0.1, -0.05) is 19.9 Å². The van der Waals surface area contributed by atoms with Crippen LogP contribution in [-0.2, 0) is 15.2 Å². The Balaban J connectivity index is 2.55. The third-order valence-electron chi connectivity index (χ3n) is 1.77. The van der Waals surface area contributed by atoms with Crippen LogP contribution in [0.5, 0.6) is 0 Å². The number of hydrogen-bond donors (Lipinski definition) is 1. The van der Waals surface area contributed by atoms with Crippen molar-refractivity contribution in [2.24, 2.45) is 4.36 Å². The van der Waals surface area contributed by atoms with Crippen LogP contribution in [0.1, 0.15) is 26.7 Å². The van der Waals surface area contributed by atoms with Crippen LogP contribution in [0.3, 0.4) is 0 Å². The fourth-order valence-corrected chi connectivity index (χ4v) is 2.47. The van der Waals surface area contributed by atoms with Gasteiger partial charge in [-0.15, -0.1) is 12.6 Å². The summed E-state index contributed by atoms with van der Waals surface area (Å²) in [5.74, 6) is 0. The van der Waals surface area contributed by atoms with E-state index < -0.39 is 11.0 Å². The molecule has 0 radical (unpaired) electrons. The molecule has 0 saturated carbocycles. The molecule has 1 aliphatic heterocycles. The lowest BCUT2D eigenvalue weighted by atomic mass is 10.2. The molecule has 0 N–H and O–H groups in total. The van der Waals surface area contributed by atoms with Crippen LogP contribution in [0.25, 0.3) is 0 Å². The second-order valence-electron chi connectivity index (χ2n) is 2.76. The van der Waals surface area contributed by atoms with Gasteiger partial charge in [-0.25, -0.2) is 0 Å². The first-order valence-corrected chi connectivity index (χ1v) is 6.07. The number of nitrogens with zero attached hydrogens (tertiary/aromatic N) is 1. The summed E-state index contributed by atoms with van der Waals surface area (Å²) in [5, 5.41) is 2.72. The Hall–Kier alpha value is -0.0600. The molecule has 0 fully saturated rings. The number of rotatable bonds is 4. The maximum atomic E-state index is 5.74. The summed E-state index contributed by atoms with van der Waals surface area (Å²) in [6.45, 7) is 4.26. The zero-order chi connectivity index (χ0) is 9.68. The first-order valence-electron chi connectivity index (χ1n) is 4.45. The fraction of sp³-hybridized carbons (Fsp3) is 0.556. The SMILES string of the molecule is CCC(CC)OS1=NC(S)=CC=C1. The lowest BCUT2D eigenvalue weighted by Crippen LogP contribution is -2.11. The van der Waals surface area contributed by atoms with E-state index in [0.717, 1.165) is 17.9 Å². The predicted octanol–water partition coefficient (Wildman–Crippen LogP) is 3.21. The standard InChI is InChI=1S/C9H15NOS2/c1-3-8(4-2)11-13-7-5-6-9(12)10-13/h5-8,12H,3-4H2,1-2H3. The monoisotopic (exact) mass is 217 g/mol. The third kappa shape index (κ3) is 3.67. The van der Waals surface area contributed by atoms with Gasteiger partial charge < -0.3 is 0 Å². The number of allylic oxidation sites excluding steroid dienone is 2. The highest BCUT2D eigenvalue weighted by atomic mass is 32.2. The van der Waals surface area contributed by atoms with E-state index in [1.807, 2.05) is 17.6 Å². The molecule has 1 aliphatic rings.